The molecule has 0 amide bonds. The van der Waals surface area contributed by atoms with Gasteiger partial charge in [0.05, 0.1) is 10.6 Å². The zero-order valence-corrected chi connectivity index (χ0v) is 18.4. The number of hydrogen-bond donors (Lipinski definition) is 0. The standard InChI is InChI=1S/C22H31ClN2OS/c1-5-7-15-25(16-8-6-2)20-13-10-14-21(27-24(3)4)22(20)26-19-12-9-11-18(23)17-19/h9-14,17H,5-8,15-16H2,1-4H3. The summed E-state index contributed by atoms with van der Waals surface area (Å²) in [7, 11) is 4.10. The van der Waals surface area contributed by atoms with Crippen molar-refractivity contribution < 1.29 is 4.74 Å². The molecule has 0 fully saturated rings. The molecule has 2 aromatic rings. The maximum absolute atomic E-state index is 6.39. The summed E-state index contributed by atoms with van der Waals surface area (Å²) in [5.41, 5.74) is 1.16. The Morgan fingerprint density at radius 1 is 0.963 bits per heavy atom. The topological polar surface area (TPSA) is 15.7 Å². The molecule has 0 saturated carbocycles. The van der Waals surface area contributed by atoms with Crippen LogP contribution < -0.4 is 9.64 Å². The highest BCUT2D eigenvalue weighted by molar-refractivity contribution is 7.97. The molecule has 148 valence electrons. The van der Waals surface area contributed by atoms with Crippen LogP contribution in [-0.2, 0) is 0 Å². The number of halogens is 1. The number of benzene rings is 2. The molecule has 2 rings (SSSR count). The molecule has 0 aliphatic rings. The molecule has 0 saturated heterocycles. The van der Waals surface area contributed by atoms with Crippen LogP contribution >= 0.6 is 23.5 Å². The van der Waals surface area contributed by atoms with Crippen molar-refractivity contribution in [3.63, 3.8) is 0 Å². The van der Waals surface area contributed by atoms with E-state index in [9.17, 15) is 0 Å². The molecule has 0 heterocycles. The summed E-state index contributed by atoms with van der Waals surface area (Å²) in [6.45, 7) is 6.55. The summed E-state index contributed by atoms with van der Waals surface area (Å²) in [5.74, 6) is 1.67. The molecule has 0 spiro atoms. The number of nitrogens with zero attached hydrogens (tertiary/aromatic N) is 2. The molecular weight excluding hydrogens is 376 g/mol. The van der Waals surface area contributed by atoms with Gasteiger partial charge in [-0.15, -0.1) is 0 Å². The first-order valence-electron chi connectivity index (χ1n) is 9.71. The van der Waals surface area contributed by atoms with Crippen LogP contribution in [0.1, 0.15) is 39.5 Å². The van der Waals surface area contributed by atoms with Gasteiger partial charge in [0.15, 0.2) is 5.75 Å². The first kappa shape index (κ1) is 21.9. The van der Waals surface area contributed by atoms with Crippen LogP contribution in [0.25, 0.3) is 0 Å². The smallest absolute Gasteiger partial charge is 0.165 e. The predicted octanol–water partition coefficient (Wildman–Crippen LogP) is 7.11. The van der Waals surface area contributed by atoms with Crippen LogP contribution in [0.2, 0.25) is 5.02 Å². The van der Waals surface area contributed by atoms with Crippen molar-refractivity contribution in [3.05, 3.63) is 47.5 Å². The van der Waals surface area contributed by atoms with E-state index in [0.717, 1.165) is 35.2 Å². The summed E-state index contributed by atoms with van der Waals surface area (Å²) in [6.07, 6.45) is 4.70. The van der Waals surface area contributed by atoms with Crippen molar-refractivity contribution in [1.82, 2.24) is 4.31 Å². The van der Waals surface area contributed by atoms with Crippen molar-refractivity contribution in [3.8, 4) is 11.5 Å². The Morgan fingerprint density at radius 3 is 2.22 bits per heavy atom. The number of para-hydroxylation sites is 1. The second-order valence-electron chi connectivity index (χ2n) is 6.76. The molecule has 0 radical (unpaired) electrons. The molecule has 0 aliphatic carbocycles. The zero-order valence-electron chi connectivity index (χ0n) is 16.9. The molecule has 0 bridgehead atoms. The summed E-state index contributed by atoms with van der Waals surface area (Å²) in [5, 5.41) is 0.681. The Bertz CT molecular complexity index is 700. The lowest BCUT2D eigenvalue weighted by Crippen LogP contribution is -2.26. The molecule has 27 heavy (non-hydrogen) atoms. The lowest BCUT2D eigenvalue weighted by Gasteiger charge is -2.28. The molecule has 0 N–H and O–H groups in total. The molecule has 0 aliphatic heterocycles. The van der Waals surface area contributed by atoms with Crippen molar-refractivity contribution >= 4 is 29.2 Å². The van der Waals surface area contributed by atoms with Gasteiger partial charge < -0.3 is 9.64 Å². The number of unbranched alkanes of at least 4 members (excludes halogenated alkanes) is 2. The van der Waals surface area contributed by atoms with Crippen LogP contribution in [0, 0.1) is 0 Å². The molecule has 0 unspecified atom stereocenters. The minimum absolute atomic E-state index is 0.681. The largest absolute Gasteiger partial charge is 0.454 e. The second kappa shape index (κ2) is 11.5. The van der Waals surface area contributed by atoms with Gasteiger partial charge in [0, 0.05) is 18.1 Å². The van der Waals surface area contributed by atoms with Gasteiger partial charge in [0.25, 0.3) is 0 Å². The van der Waals surface area contributed by atoms with E-state index in [1.807, 2.05) is 38.4 Å². The van der Waals surface area contributed by atoms with Gasteiger partial charge in [-0.3, -0.25) is 4.31 Å². The van der Waals surface area contributed by atoms with Crippen molar-refractivity contribution in [2.24, 2.45) is 0 Å². The minimum Gasteiger partial charge on any atom is -0.454 e. The molecule has 3 nitrogen and oxygen atoms in total. The summed E-state index contributed by atoms with van der Waals surface area (Å²) < 4.78 is 8.48. The quantitative estimate of drug-likeness (QED) is 0.369. The second-order valence-corrected chi connectivity index (χ2v) is 8.55. The van der Waals surface area contributed by atoms with Crippen LogP contribution in [0.3, 0.4) is 0 Å². The molecule has 0 atom stereocenters. The average Bonchev–Trinajstić information content (AvgIpc) is 2.63. The molecule has 0 aromatic heterocycles. The minimum atomic E-state index is 0.681. The Kier molecular flexibility index (Phi) is 9.32. The van der Waals surface area contributed by atoms with E-state index in [1.54, 1.807) is 11.9 Å². The Morgan fingerprint density at radius 2 is 1.63 bits per heavy atom. The van der Waals surface area contributed by atoms with Crippen LogP contribution in [0.5, 0.6) is 11.5 Å². The Balaban J connectivity index is 2.43. The third-order valence-electron chi connectivity index (χ3n) is 4.16. The van der Waals surface area contributed by atoms with Gasteiger partial charge in [-0.2, -0.15) is 0 Å². The van der Waals surface area contributed by atoms with E-state index in [0.29, 0.717) is 5.02 Å². The lowest BCUT2D eigenvalue weighted by atomic mass is 10.2. The van der Waals surface area contributed by atoms with Gasteiger partial charge in [-0.05, 0) is 69.2 Å². The SMILES string of the molecule is CCCCN(CCCC)c1cccc(SN(C)C)c1Oc1cccc(Cl)c1. The average molecular weight is 407 g/mol. The Hall–Kier alpha value is -1.36. The van der Waals surface area contributed by atoms with E-state index in [1.165, 1.54) is 25.7 Å². The van der Waals surface area contributed by atoms with E-state index in [-0.39, 0.29) is 0 Å². The number of anilines is 1. The van der Waals surface area contributed by atoms with Crippen molar-refractivity contribution in [2.45, 2.75) is 44.4 Å². The monoisotopic (exact) mass is 406 g/mol. The van der Waals surface area contributed by atoms with Gasteiger partial charge in [-0.25, -0.2) is 0 Å². The van der Waals surface area contributed by atoms with Crippen LogP contribution in [0.4, 0.5) is 5.69 Å². The highest BCUT2D eigenvalue weighted by Gasteiger charge is 2.18. The normalized spacial score (nSPS) is 11.0. The summed E-state index contributed by atoms with van der Waals surface area (Å²) in [4.78, 5) is 3.57. The third kappa shape index (κ3) is 6.95. The first-order chi connectivity index (χ1) is 13.0. The van der Waals surface area contributed by atoms with Gasteiger partial charge >= 0.3 is 0 Å². The molecule has 2 aromatic carbocycles. The van der Waals surface area contributed by atoms with Gasteiger partial charge in [-0.1, -0.05) is 50.4 Å². The van der Waals surface area contributed by atoms with E-state index < -0.39 is 0 Å². The number of ether oxygens (including phenoxy) is 1. The fourth-order valence-corrected chi connectivity index (χ4v) is 3.77. The molecule has 5 heteroatoms. The Labute approximate surface area is 173 Å². The highest BCUT2D eigenvalue weighted by Crippen LogP contribution is 2.42. The van der Waals surface area contributed by atoms with Gasteiger partial charge in [0.1, 0.15) is 5.75 Å². The first-order valence-corrected chi connectivity index (χ1v) is 10.9. The van der Waals surface area contributed by atoms with E-state index in [2.05, 4.69) is 41.3 Å². The maximum Gasteiger partial charge on any atom is 0.165 e. The third-order valence-corrected chi connectivity index (χ3v) is 5.28. The van der Waals surface area contributed by atoms with Gasteiger partial charge in [0.2, 0.25) is 0 Å². The summed E-state index contributed by atoms with van der Waals surface area (Å²) >= 11 is 7.85. The maximum atomic E-state index is 6.39. The molecular formula is C22H31ClN2OS. The fourth-order valence-electron chi connectivity index (χ4n) is 2.82. The highest BCUT2D eigenvalue weighted by atomic mass is 35.5. The zero-order chi connectivity index (χ0) is 19.6. The van der Waals surface area contributed by atoms with Crippen LogP contribution in [0.15, 0.2) is 47.4 Å². The number of hydrogen-bond acceptors (Lipinski definition) is 4. The van der Waals surface area contributed by atoms with Crippen molar-refractivity contribution in [1.29, 1.82) is 0 Å². The van der Waals surface area contributed by atoms with E-state index in [4.69, 9.17) is 16.3 Å². The fraction of sp³-hybridized carbons (Fsp3) is 0.455. The van der Waals surface area contributed by atoms with E-state index >= 15 is 0 Å². The number of rotatable bonds is 11. The summed E-state index contributed by atoms with van der Waals surface area (Å²) in [6, 6.07) is 14.0. The van der Waals surface area contributed by atoms with Crippen LogP contribution in [-0.4, -0.2) is 31.5 Å². The van der Waals surface area contributed by atoms with Crippen molar-refractivity contribution in [2.75, 3.05) is 32.1 Å². The predicted molar refractivity (Wildman–Crippen MR) is 120 cm³/mol. The lowest BCUT2D eigenvalue weighted by molar-refractivity contribution is 0.468.